The van der Waals surface area contributed by atoms with Gasteiger partial charge >= 0.3 is 12.1 Å². The van der Waals surface area contributed by atoms with Crippen LogP contribution in [-0.4, -0.2) is 65.7 Å². The van der Waals surface area contributed by atoms with Crippen LogP contribution in [0.3, 0.4) is 0 Å². The highest BCUT2D eigenvalue weighted by atomic mass is 127. The molecule has 3 aromatic heterocycles. The van der Waals surface area contributed by atoms with E-state index >= 15 is 0 Å². The number of hydrogen-bond donors (Lipinski definition) is 1. The Labute approximate surface area is 271 Å². The number of nitrogens with zero attached hydrogens (tertiary/aromatic N) is 6. The highest BCUT2D eigenvalue weighted by molar-refractivity contribution is 14.1. The number of halogens is 7. The number of nitrogens with one attached hydrogen (secondary N) is 1. The Morgan fingerprint density at radius 3 is 2.57 bits per heavy atom. The second-order valence-corrected chi connectivity index (χ2v) is 12.4. The second kappa shape index (κ2) is 13.5. The first-order valence-electron chi connectivity index (χ1n) is 12.8. The molecule has 3 heterocycles. The van der Waals surface area contributed by atoms with Gasteiger partial charge in [0.2, 0.25) is 0 Å². The Morgan fingerprint density at radius 2 is 1.91 bits per heavy atom. The van der Waals surface area contributed by atoms with Crippen molar-refractivity contribution in [3.8, 4) is 5.82 Å². The predicted molar refractivity (Wildman–Crippen MR) is 163 cm³/mol. The fourth-order valence-corrected chi connectivity index (χ4v) is 5.85. The highest BCUT2D eigenvalue weighted by Crippen LogP contribution is 2.42. The van der Waals surface area contributed by atoms with Crippen LogP contribution >= 0.6 is 46.0 Å². The average molecular weight is 768 g/mol. The van der Waals surface area contributed by atoms with E-state index in [0.29, 0.717) is 28.6 Å². The maximum atomic E-state index is 13.8. The zero-order chi connectivity index (χ0) is 32.4. The van der Waals surface area contributed by atoms with E-state index in [2.05, 4.69) is 48.3 Å². The van der Waals surface area contributed by atoms with Gasteiger partial charge < -0.3 is 5.32 Å². The van der Waals surface area contributed by atoms with Crippen molar-refractivity contribution in [2.45, 2.75) is 45.0 Å². The lowest BCUT2D eigenvalue weighted by Gasteiger charge is -2.17. The maximum absolute atomic E-state index is 13.8. The summed E-state index contributed by atoms with van der Waals surface area (Å²) in [5, 5.41) is 13.8. The van der Waals surface area contributed by atoms with Gasteiger partial charge in [-0.15, -0.1) is 5.10 Å². The van der Waals surface area contributed by atoms with E-state index in [1.165, 1.54) is 18.3 Å². The Balaban J connectivity index is 1.71. The molecule has 4 aromatic rings. The molecule has 0 spiro atoms. The van der Waals surface area contributed by atoms with Crippen LogP contribution in [0.15, 0.2) is 42.7 Å². The van der Waals surface area contributed by atoms with Crippen molar-refractivity contribution < 1.29 is 31.5 Å². The summed E-state index contributed by atoms with van der Waals surface area (Å²) in [7, 11) is 0. The number of aryl methyl sites for hydroxylation is 1. The van der Waals surface area contributed by atoms with Gasteiger partial charge in [0.1, 0.15) is 5.69 Å². The number of hydrogen-bond acceptors (Lipinski definition) is 7. The summed E-state index contributed by atoms with van der Waals surface area (Å²) < 4.78 is 68.6. The first-order valence-corrected chi connectivity index (χ1v) is 15.6. The molecule has 1 N–H and O–H groups in total. The molecule has 4 rings (SSSR count). The molecule has 0 aliphatic heterocycles. The lowest BCUT2D eigenvalue weighted by Crippen LogP contribution is -2.35. The van der Waals surface area contributed by atoms with Gasteiger partial charge in [0.05, 0.1) is 23.5 Å². The van der Waals surface area contributed by atoms with Crippen molar-refractivity contribution in [3.63, 3.8) is 0 Å². The quantitative estimate of drug-likeness (QED) is 0.113. The van der Waals surface area contributed by atoms with Gasteiger partial charge in [-0.2, -0.15) is 38.8 Å². The number of alkyl halides is 5. The molecule has 234 valence electrons. The highest BCUT2D eigenvalue weighted by Gasteiger charge is 2.60. The van der Waals surface area contributed by atoms with E-state index in [9.17, 15) is 31.5 Å². The van der Waals surface area contributed by atoms with E-state index < -0.39 is 30.1 Å². The minimum absolute atomic E-state index is 0.0124. The number of thioether (sulfide) groups is 1. The Hall–Kier alpha value is -3.12. The molecule has 9 nitrogen and oxygen atoms in total. The predicted octanol–water partition coefficient (Wildman–Crippen LogP) is 6.03. The van der Waals surface area contributed by atoms with Crippen LogP contribution in [0.5, 0.6) is 0 Å². The van der Waals surface area contributed by atoms with Gasteiger partial charge in [-0.25, -0.2) is 14.3 Å². The molecule has 17 heteroatoms. The number of carbonyl (C=O) groups excluding carboxylic acids is 2. The van der Waals surface area contributed by atoms with E-state index in [1.54, 1.807) is 30.8 Å². The number of amides is 1. The fourth-order valence-electron chi connectivity index (χ4n) is 4.29. The van der Waals surface area contributed by atoms with Crippen LogP contribution in [0.4, 0.5) is 22.0 Å². The van der Waals surface area contributed by atoms with Crippen molar-refractivity contribution in [1.82, 2.24) is 35.1 Å². The van der Waals surface area contributed by atoms with Crippen LogP contribution in [0.25, 0.3) is 5.82 Å². The Kier molecular flexibility index (Phi) is 10.3. The summed E-state index contributed by atoms with van der Waals surface area (Å²) in [4.78, 5) is 31.3. The zero-order valence-electron chi connectivity index (χ0n) is 23.3. The zero-order valence-corrected chi connectivity index (χ0v) is 27.0. The first-order chi connectivity index (χ1) is 20.6. The molecule has 44 heavy (non-hydrogen) atoms. The molecule has 0 bridgehead atoms. The number of rotatable bonds is 11. The first kappa shape index (κ1) is 33.8. The molecule has 0 aliphatic carbocycles. The van der Waals surface area contributed by atoms with Crippen molar-refractivity contribution in [3.05, 3.63) is 85.1 Å². The molecule has 0 fully saturated rings. The molecule has 0 saturated carbocycles. The van der Waals surface area contributed by atoms with E-state index in [1.807, 2.05) is 19.2 Å². The van der Waals surface area contributed by atoms with Gasteiger partial charge in [0.25, 0.3) is 5.91 Å². The van der Waals surface area contributed by atoms with Gasteiger partial charge in [0.15, 0.2) is 17.3 Å². The summed E-state index contributed by atoms with van der Waals surface area (Å²) in [5.74, 6) is -5.26. The molecule has 1 atom stereocenters. The molecule has 0 unspecified atom stereocenters. The van der Waals surface area contributed by atoms with Crippen molar-refractivity contribution in [2.75, 3.05) is 12.0 Å². The summed E-state index contributed by atoms with van der Waals surface area (Å²) in [6.07, 6.45) is -2.28. The minimum atomic E-state index is -5.86. The van der Waals surface area contributed by atoms with Crippen LogP contribution < -0.4 is 5.32 Å². The van der Waals surface area contributed by atoms with Crippen LogP contribution in [0.2, 0.25) is 5.02 Å². The summed E-state index contributed by atoms with van der Waals surface area (Å²) in [5.41, 5.74) is 0.00222. The SMILES string of the molecule is CSC[C@H](C)NC(=O)c1cc(I)cc(C)c1CC(=O)c1cc(Cn2cc(C(F)(F)C(F)(F)F)nn2)nn1-c1ncccc1Cl. The molecule has 0 saturated heterocycles. The summed E-state index contributed by atoms with van der Waals surface area (Å²) >= 11 is 10.0. The lowest BCUT2D eigenvalue weighted by atomic mass is 9.95. The molecular formula is C27H24ClF5IN7O2S. The number of carbonyl (C=O) groups is 2. The molecule has 0 radical (unpaired) electrons. The number of aromatic nitrogens is 6. The van der Waals surface area contributed by atoms with Gasteiger partial charge in [0, 0.05) is 33.5 Å². The summed E-state index contributed by atoms with van der Waals surface area (Å²) in [6.45, 7) is 3.26. The van der Waals surface area contributed by atoms with E-state index in [-0.39, 0.29) is 40.6 Å². The maximum Gasteiger partial charge on any atom is 0.459 e. The normalized spacial score (nSPS) is 12.8. The van der Waals surface area contributed by atoms with Crippen LogP contribution in [0, 0.1) is 10.5 Å². The molecule has 1 amide bonds. The van der Waals surface area contributed by atoms with Crippen molar-refractivity contribution >= 4 is 57.6 Å². The third-order valence-electron chi connectivity index (χ3n) is 6.34. The minimum Gasteiger partial charge on any atom is -0.349 e. The largest absolute Gasteiger partial charge is 0.459 e. The third kappa shape index (κ3) is 7.39. The third-order valence-corrected chi connectivity index (χ3v) is 8.09. The van der Waals surface area contributed by atoms with Crippen LogP contribution in [-0.2, 0) is 18.9 Å². The summed E-state index contributed by atoms with van der Waals surface area (Å²) in [6, 6.07) is 7.82. The monoisotopic (exact) mass is 767 g/mol. The molecule has 1 aromatic carbocycles. The number of ketones is 1. The van der Waals surface area contributed by atoms with Crippen molar-refractivity contribution in [1.29, 1.82) is 0 Å². The van der Waals surface area contributed by atoms with E-state index in [4.69, 9.17) is 11.6 Å². The van der Waals surface area contributed by atoms with Gasteiger partial charge in [-0.1, -0.05) is 16.8 Å². The molecular weight excluding hydrogens is 744 g/mol. The fraction of sp³-hybridized carbons (Fsp3) is 0.333. The number of pyridine rings is 1. The second-order valence-electron chi connectivity index (χ2n) is 9.79. The van der Waals surface area contributed by atoms with Crippen molar-refractivity contribution in [2.24, 2.45) is 0 Å². The average Bonchev–Trinajstić information content (AvgIpc) is 3.57. The smallest absolute Gasteiger partial charge is 0.349 e. The molecule has 0 aliphatic rings. The van der Waals surface area contributed by atoms with E-state index in [0.717, 1.165) is 12.9 Å². The van der Waals surface area contributed by atoms with Gasteiger partial charge in [-0.3, -0.25) is 9.59 Å². The van der Waals surface area contributed by atoms with Gasteiger partial charge in [-0.05, 0) is 84.2 Å². The van der Waals surface area contributed by atoms with Crippen LogP contribution in [0.1, 0.15) is 50.3 Å². The number of benzene rings is 1. The standard InChI is InChI=1S/C27H24ClF5IN7O2S/c1-14-7-16(34)8-19(25(43)36-15(2)13-44-3)18(14)10-22(42)21-9-17(38-41(21)24-20(28)5-4-6-35-24)11-40-12-23(37-39-40)26(29,30)27(31,32)33/h4-9,12,15H,10-11,13H2,1-3H3,(H,36,43)/t15-/m0/s1. The Bertz CT molecular complexity index is 1700. The number of Topliss-reactive ketones (excluding diaryl/α,β-unsaturated/α-hetero) is 1. The Morgan fingerprint density at radius 1 is 1.18 bits per heavy atom. The lowest BCUT2D eigenvalue weighted by molar-refractivity contribution is -0.291. The topological polar surface area (TPSA) is 108 Å².